The number of aliphatic hydroxyl groups is 1. The van der Waals surface area contributed by atoms with Crippen LogP contribution in [0.1, 0.15) is 30.0 Å². The fraction of sp³-hybridized carbons (Fsp3) is 0.304. The first-order valence-corrected chi connectivity index (χ1v) is 10.1. The summed E-state index contributed by atoms with van der Waals surface area (Å²) in [7, 11) is 0. The Kier molecular flexibility index (Phi) is 4.78. The van der Waals surface area contributed by atoms with Crippen molar-refractivity contribution >= 4 is 17.4 Å². The number of aromatic hydroxyl groups is 1. The van der Waals surface area contributed by atoms with Gasteiger partial charge < -0.3 is 29.3 Å². The average Bonchev–Trinajstić information content (AvgIpc) is 3.50. The smallest absolute Gasteiger partial charge is 0.295 e. The summed E-state index contributed by atoms with van der Waals surface area (Å²) in [6.45, 7) is 0.917. The molecule has 0 saturated carbocycles. The third-order valence-electron chi connectivity index (χ3n) is 5.80. The molecule has 3 heterocycles. The van der Waals surface area contributed by atoms with E-state index < -0.39 is 17.7 Å². The zero-order valence-electron chi connectivity index (χ0n) is 16.6. The second-order valence-corrected chi connectivity index (χ2v) is 7.75. The van der Waals surface area contributed by atoms with Crippen LogP contribution >= 0.6 is 0 Å². The molecule has 0 bridgehead atoms. The lowest BCUT2D eigenvalue weighted by Crippen LogP contribution is -2.36. The molecule has 2 atom stereocenters. The van der Waals surface area contributed by atoms with Crippen LogP contribution in [0.4, 0.5) is 0 Å². The molecule has 1 amide bonds. The maximum atomic E-state index is 13.0. The predicted molar refractivity (Wildman–Crippen MR) is 109 cm³/mol. The zero-order chi connectivity index (χ0) is 21.5. The second kappa shape index (κ2) is 7.63. The first-order valence-electron chi connectivity index (χ1n) is 10.1. The van der Waals surface area contributed by atoms with E-state index in [2.05, 4.69) is 0 Å². The Labute approximate surface area is 178 Å². The van der Waals surface area contributed by atoms with Gasteiger partial charge in [-0.2, -0.15) is 0 Å². The third-order valence-corrected chi connectivity index (χ3v) is 5.80. The van der Waals surface area contributed by atoms with Gasteiger partial charge in [-0.3, -0.25) is 9.59 Å². The van der Waals surface area contributed by atoms with E-state index in [-0.39, 0.29) is 36.5 Å². The minimum atomic E-state index is -0.846. The van der Waals surface area contributed by atoms with Crippen molar-refractivity contribution in [3.8, 4) is 17.2 Å². The molecule has 8 heteroatoms. The highest BCUT2D eigenvalue weighted by atomic mass is 16.7. The van der Waals surface area contributed by atoms with Crippen molar-refractivity contribution < 1.29 is 34.0 Å². The number of hydrogen-bond acceptors (Lipinski definition) is 7. The molecular formula is C23H21NO7. The van der Waals surface area contributed by atoms with E-state index in [9.17, 15) is 19.8 Å². The SMILES string of the molecule is O=C1C(=O)N(CC2CCCO2)C(c2cccc(O)c2)/C1=C(/O)c1ccc2c(c1)OCO2. The molecular weight excluding hydrogens is 402 g/mol. The molecule has 160 valence electrons. The van der Waals surface area contributed by atoms with Gasteiger partial charge in [-0.05, 0) is 48.7 Å². The summed E-state index contributed by atoms with van der Waals surface area (Å²) in [4.78, 5) is 27.4. The predicted octanol–water partition coefficient (Wildman–Crippen LogP) is 2.72. The van der Waals surface area contributed by atoms with E-state index >= 15 is 0 Å². The van der Waals surface area contributed by atoms with E-state index in [1.807, 2.05) is 0 Å². The van der Waals surface area contributed by atoms with E-state index in [1.165, 1.54) is 17.0 Å². The molecule has 31 heavy (non-hydrogen) atoms. The number of phenols is 1. The van der Waals surface area contributed by atoms with Crippen molar-refractivity contribution in [3.05, 3.63) is 59.2 Å². The van der Waals surface area contributed by atoms with Gasteiger partial charge in [0.2, 0.25) is 6.79 Å². The first kappa shape index (κ1) is 19.4. The highest BCUT2D eigenvalue weighted by Crippen LogP contribution is 2.42. The Morgan fingerprint density at radius 3 is 2.71 bits per heavy atom. The summed E-state index contributed by atoms with van der Waals surface area (Å²) < 4.78 is 16.3. The van der Waals surface area contributed by atoms with Gasteiger partial charge >= 0.3 is 0 Å². The van der Waals surface area contributed by atoms with Crippen LogP contribution in [0.2, 0.25) is 0 Å². The van der Waals surface area contributed by atoms with Crippen molar-refractivity contribution in [1.82, 2.24) is 4.90 Å². The van der Waals surface area contributed by atoms with Crippen LogP contribution in [0.25, 0.3) is 5.76 Å². The summed E-state index contributed by atoms with van der Waals surface area (Å²) in [5.74, 6) is -0.790. The van der Waals surface area contributed by atoms with Gasteiger partial charge in [0.1, 0.15) is 11.5 Å². The standard InChI is InChI=1S/C23H21NO7/c25-15-4-1-3-13(9-15)20-19(21(26)14-6-7-17-18(10-14)31-12-30-17)22(27)23(28)24(20)11-16-5-2-8-29-16/h1,3-4,6-7,9-10,16,20,25-26H,2,5,8,11-12H2/b21-19-. The van der Waals surface area contributed by atoms with Crippen molar-refractivity contribution in [2.24, 2.45) is 0 Å². The van der Waals surface area contributed by atoms with E-state index in [0.29, 0.717) is 29.2 Å². The molecule has 8 nitrogen and oxygen atoms in total. The molecule has 2 unspecified atom stereocenters. The van der Waals surface area contributed by atoms with E-state index in [1.54, 1.807) is 30.3 Å². The van der Waals surface area contributed by atoms with Crippen LogP contribution in [0, 0.1) is 0 Å². The van der Waals surface area contributed by atoms with Crippen molar-refractivity contribution in [1.29, 1.82) is 0 Å². The summed E-state index contributed by atoms with van der Waals surface area (Å²) in [5.41, 5.74) is 0.830. The van der Waals surface area contributed by atoms with Crippen molar-refractivity contribution in [2.75, 3.05) is 19.9 Å². The van der Waals surface area contributed by atoms with Gasteiger partial charge in [-0.1, -0.05) is 12.1 Å². The highest BCUT2D eigenvalue weighted by Gasteiger charge is 2.47. The minimum Gasteiger partial charge on any atom is -0.508 e. The van der Waals surface area contributed by atoms with Crippen LogP contribution in [0.15, 0.2) is 48.0 Å². The lowest BCUT2D eigenvalue weighted by atomic mass is 9.95. The Balaban J connectivity index is 1.61. The Hall–Kier alpha value is -3.52. The number of carbonyl (C=O) groups excluding carboxylic acids is 2. The number of carbonyl (C=O) groups is 2. The van der Waals surface area contributed by atoms with Gasteiger partial charge in [0.05, 0.1) is 17.7 Å². The van der Waals surface area contributed by atoms with E-state index in [4.69, 9.17) is 14.2 Å². The fourth-order valence-corrected chi connectivity index (χ4v) is 4.32. The molecule has 2 fully saturated rings. The summed E-state index contributed by atoms with van der Waals surface area (Å²) >= 11 is 0. The number of amides is 1. The van der Waals surface area contributed by atoms with Gasteiger partial charge in [0.25, 0.3) is 11.7 Å². The summed E-state index contributed by atoms with van der Waals surface area (Å²) in [6.07, 6.45) is 1.50. The second-order valence-electron chi connectivity index (χ2n) is 7.75. The minimum absolute atomic E-state index is 0.00304. The first-order chi connectivity index (χ1) is 15.0. The van der Waals surface area contributed by atoms with Gasteiger partial charge in [0, 0.05) is 18.7 Å². The number of fused-ring (bicyclic) bond motifs is 1. The van der Waals surface area contributed by atoms with Crippen LogP contribution in [-0.2, 0) is 14.3 Å². The number of nitrogens with zero attached hydrogens (tertiary/aromatic N) is 1. The molecule has 5 rings (SSSR count). The number of aliphatic hydroxyl groups excluding tert-OH is 1. The summed E-state index contributed by atoms with van der Waals surface area (Å²) in [6, 6.07) is 10.3. The number of ether oxygens (including phenoxy) is 3. The van der Waals surface area contributed by atoms with Crippen LogP contribution in [-0.4, -0.2) is 52.9 Å². The molecule has 0 aromatic heterocycles. The fourth-order valence-electron chi connectivity index (χ4n) is 4.32. The molecule has 0 radical (unpaired) electrons. The number of likely N-dealkylation sites (tertiary alicyclic amines) is 1. The highest BCUT2D eigenvalue weighted by molar-refractivity contribution is 6.46. The maximum Gasteiger partial charge on any atom is 0.295 e. The Morgan fingerprint density at radius 1 is 1.10 bits per heavy atom. The van der Waals surface area contributed by atoms with Crippen molar-refractivity contribution in [2.45, 2.75) is 25.0 Å². The largest absolute Gasteiger partial charge is 0.508 e. The van der Waals surface area contributed by atoms with Crippen LogP contribution in [0.3, 0.4) is 0 Å². The Morgan fingerprint density at radius 2 is 1.94 bits per heavy atom. The lowest BCUT2D eigenvalue weighted by Gasteiger charge is -2.27. The number of benzene rings is 2. The molecule has 2 aromatic carbocycles. The number of ketones is 1. The summed E-state index contributed by atoms with van der Waals surface area (Å²) in [5, 5.41) is 21.1. The number of rotatable bonds is 4. The normalized spacial score (nSPS) is 24.2. The number of phenolic OH excluding ortho intramolecular Hbond substituents is 1. The van der Waals surface area contributed by atoms with Crippen molar-refractivity contribution in [3.63, 3.8) is 0 Å². The molecule has 2 N–H and O–H groups in total. The molecule has 0 spiro atoms. The van der Waals surface area contributed by atoms with Crippen LogP contribution < -0.4 is 9.47 Å². The molecule has 3 aliphatic heterocycles. The maximum absolute atomic E-state index is 13.0. The van der Waals surface area contributed by atoms with Gasteiger partial charge in [0.15, 0.2) is 11.5 Å². The number of hydrogen-bond donors (Lipinski definition) is 2. The monoisotopic (exact) mass is 423 g/mol. The lowest BCUT2D eigenvalue weighted by molar-refractivity contribution is -0.140. The van der Waals surface area contributed by atoms with Crippen LogP contribution in [0.5, 0.6) is 17.2 Å². The van der Waals surface area contributed by atoms with Gasteiger partial charge in [-0.25, -0.2) is 0 Å². The Bertz CT molecular complexity index is 1090. The zero-order valence-corrected chi connectivity index (χ0v) is 16.6. The molecule has 2 aromatic rings. The topological polar surface area (TPSA) is 106 Å². The molecule has 3 aliphatic rings. The third kappa shape index (κ3) is 3.38. The van der Waals surface area contributed by atoms with E-state index in [0.717, 1.165) is 12.8 Å². The molecule has 0 aliphatic carbocycles. The van der Waals surface area contributed by atoms with Gasteiger partial charge in [-0.15, -0.1) is 0 Å². The number of Topliss-reactive ketones (excluding diaryl/α,β-unsaturated/α-hetero) is 1. The molecule has 2 saturated heterocycles. The quantitative estimate of drug-likeness (QED) is 0.443. The average molecular weight is 423 g/mol.